The monoisotopic (exact) mass is 521 g/mol. The third-order valence-corrected chi connectivity index (χ3v) is 7.77. The highest BCUT2D eigenvalue weighted by Gasteiger charge is 2.29. The highest BCUT2D eigenvalue weighted by molar-refractivity contribution is 7.89. The van der Waals surface area contributed by atoms with Crippen molar-refractivity contribution in [2.45, 2.75) is 57.5 Å². The number of hydrogen-bond acceptors (Lipinski definition) is 4. The van der Waals surface area contributed by atoms with Crippen LogP contribution in [0, 0.1) is 5.92 Å². The van der Waals surface area contributed by atoms with Crippen LogP contribution in [-0.2, 0) is 26.2 Å². The highest BCUT2D eigenvalue weighted by Crippen LogP contribution is 2.18. The molecular weight excluding hydrogens is 486 g/mol. The van der Waals surface area contributed by atoms with Crippen molar-refractivity contribution < 1.29 is 18.0 Å². The summed E-state index contributed by atoms with van der Waals surface area (Å²) in [6, 6.07) is 14.8. The summed E-state index contributed by atoms with van der Waals surface area (Å²) in [5.41, 5.74) is 0.863. The quantitative estimate of drug-likeness (QED) is 0.425. The second-order valence-electron chi connectivity index (χ2n) is 8.95. The SMILES string of the molecule is CC[C@H](C(=O)NCC(C)C)N(Cc1ccc(Cl)cc1)C(=O)CCCN(C)S(=O)(=O)c1ccccc1. The number of rotatable bonds is 13. The first-order chi connectivity index (χ1) is 16.6. The molecule has 0 fully saturated rings. The zero-order valence-electron chi connectivity index (χ0n) is 20.9. The Kier molecular flexibility index (Phi) is 11.2. The van der Waals surface area contributed by atoms with E-state index in [1.54, 1.807) is 47.4 Å². The van der Waals surface area contributed by atoms with Crippen LogP contribution in [0.2, 0.25) is 5.02 Å². The van der Waals surface area contributed by atoms with Crippen LogP contribution in [0.25, 0.3) is 0 Å². The molecule has 0 aliphatic heterocycles. The van der Waals surface area contributed by atoms with Gasteiger partial charge in [-0.3, -0.25) is 9.59 Å². The molecule has 0 aliphatic rings. The van der Waals surface area contributed by atoms with Gasteiger partial charge < -0.3 is 10.2 Å². The lowest BCUT2D eigenvalue weighted by Crippen LogP contribution is -2.49. The second-order valence-corrected chi connectivity index (χ2v) is 11.4. The summed E-state index contributed by atoms with van der Waals surface area (Å²) in [7, 11) is -2.12. The second kappa shape index (κ2) is 13.6. The van der Waals surface area contributed by atoms with Crippen LogP contribution >= 0.6 is 11.6 Å². The summed E-state index contributed by atoms with van der Waals surface area (Å²) in [5.74, 6) is -0.0942. The maximum Gasteiger partial charge on any atom is 0.242 e. The predicted molar refractivity (Wildman–Crippen MR) is 139 cm³/mol. The molecule has 0 heterocycles. The Hall–Kier alpha value is -2.42. The molecule has 0 aliphatic carbocycles. The van der Waals surface area contributed by atoms with Crippen LogP contribution in [0.5, 0.6) is 0 Å². The number of nitrogens with zero attached hydrogens (tertiary/aromatic N) is 2. The fourth-order valence-electron chi connectivity index (χ4n) is 3.62. The molecule has 1 N–H and O–H groups in total. The van der Waals surface area contributed by atoms with Gasteiger partial charge >= 0.3 is 0 Å². The number of carbonyl (C=O) groups is 2. The zero-order chi connectivity index (χ0) is 26.0. The number of amides is 2. The summed E-state index contributed by atoms with van der Waals surface area (Å²) in [6.45, 7) is 6.88. The van der Waals surface area contributed by atoms with Gasteiger partial charge in [0, 0.05) is 38.1 Å². The molecule has 7 nitrogen and oxygen atoms in total. The number of carbonyl (C=O) groups excluding carboxylic acids is 2. The molecule has 0 saturated heterocycles. The van der Waals surface area contributed by atoms with Crippen LogP contribution < -0.4 is 5.32 Å². The lowest BCUT2D eigenvalue weighted by Gasteiger charge is -2.31. The molecule has 35 heavy (non-hydrogen) atoms. The first-order valence-corrected chi connectivity index (χ1v) is 13.7. The Bertz CT molecular complexity index is 1060. The van der Waals surface area contributed by atoms with Gasteiger partial charge in [0.15, 0.2) is 0 Å². The van der Waals surface area contributed by atoms with Gasteiger partial charge in [0.2, 0.25) is 21.8 Å². The maximum absolute atomic E-state index is 13.3. The Morgan fingerprint density at radius 2 is 1.66 bits per heavy atom. The van der Waals surface area contributed by atoms with Crippen LogP contribution in [-0.4, -0.2) is 55.6 Å². The van der Waals surface area contributed by atoms with Crippen molar-refractivity contribution in [1.82, 2.24) is 14.5 Å². The minimum atomic E-state index is -3.63. The van der Waals surface area contributed by atoms with E-state index in [-0.39, 0.29) is 36.2 Å². The van der Waals surface area contributed by atoms with Gasteiger partial charge in [-0.15, -0.1) is 0 Å². The van der Waals surface area contributed by atoms with Gasteiger partial charge in [-0.1, -0.05) is 62.7 Å². The van der Waals surface area contributed by atoms with Crippen molar-refractivity contribution in [3.05, 3.63) is 65.2 Å². The van der Waals surface area contributed by atoms with E-state index in [2.05, 4.69) is 5.32 Å². The fraction of sp³-hybridized carbons (Fsp3) is 0.462. The Balaban J connectivity index is 2.11. The summed E-state index contributed by atoms with van der Waals surface area (Å²) < 4.78 is 26.8. The number of sulfonamides is 1. The van der Waals surface area contributed by atoms with Gasteiger partial charge in [0.1, 0.15) is 6.04 Å². The molecule has 192 valence electrons. The van der Waals surface area contributed by atoms with Crippen molar-refractivity contribution in [2.24, 2.45) is 5.92 Å². The largest absolute Gasteiger partial charge is 0.354 e. The van der Waals surface area contributed by atoms with Crippen molar-refractivity contribution >= 4 is 33.4 Å². The van der Waals surface area contributed by atoms with E-state index < -0.39 is 16.1 Å². The third-order valence-electron chi connectivity index (χ3n) is 5.65. The van der Waals surface area contributed by atoms with E-state index in [4.69, 9.17) is 11.6 Å². The molecule has 1 atom stereocenters. The molecule has 2 aromatic carbocycles. The van der Waals surface area contributed by atoms with Crippen LogP contribution in [0.4, 0.5) is 0 Å². The molecule has 9 heteroatoms. The smallest absolute Gasteiger partial charge is 0.242 e. The zero-order valence-corrected chi connectivity index (χ0v) is 22.5. The molecule has 0 unspecified atom stereocenters. The third kappa shape index (κ3) is 8.63. The molecule has 2 amide bonds. The molecule has 2 rings (SSSR count). The topological polar surface area (TPSA) is 86.8 Å². The average Bonchev–Trinajstić information content (AvgIpc) is 2.84. The maximum atomic E-state index is 13.3. The predicted octanol–water partition coefficient (Wildman–Crippen LogP) is 4.32. The Morgan fingerprint density at radius 1 is 1.03 bits per heavy atom. The first-order valence-electron chi connectivity index (χ1n) is 11.9. The van der Waals surface area contributed by atoms with E-state index in [0.717, 1.165) is 5.56 Å². The Morgan fingerprint density at radius 3 is 2.23 bits per heavy atom. The molecule has 0 saturated carbocycles. The molecule has 0 aromatic heterocycles. The van der Waals surface area contributed by atoms with Gasteiger partial charge in [-0.05, 0) is 48.6 Å². The minimum Gasteiger partial charge on any atom is -0.354 e. The van der Waals surface area contributed by atoms with E-state index >= 15 is 0 Å². The highest BCUT2D eigenvalue weighted by atomic mass is 35.5. The number of halogens is 1. The lowest BCUT2D eigenvalue weighted by atomic mass is 10.1. The summed E-state index contributed by atoms with van der Waals surface area (Å²) in [5, 5.41) is 3.53. The fourth-order valence-corrected chi connectivity index (χ4v) is 4.97. The first kappa shape index (κ1) is 28.8. The van der Waals surface area contributed by atoms with E-state index in [1.165, 1.54) is 11.4 Å². The van der Waals surface area contributed by atoms with Crippen molar-refractivity contribution in [1.29, 1.82) is 0 Å². The van der Waals surface area contributed by atoms with Crippen LogP contribution in [0.15, 0.2) is 59.5 Å². The van der Waals surface area contributed by atoms with E-state index in [1.807, 2.05) is 32.9 Å². The average molecular weight is 522 g/mol. The number of benzene rings is 2. The lowest BCUT2D eigenvalue weighted by molar-refractivity contribution is -0.141. The van der Waals surface area contributed by atoms with Gasteiger partial charge in [-0.25, -0.2) is 12.7 Å². The summed E-state index contributed by atoms with van der Waals surface area (Å²) >= 11 is 6.00. The number of nitrogens with one attached hydrogen (secondary N) is 1. The van der Waals surface area contributed by atoms with Gasteiger partial charge in [-0.2, -0.15) is 0 Å². The van der Waals surface area contributed by atoms with E-state index in [9.17, 15) is 18.0 Å². The summed E-state index contributed by atoms with van der Waals surface area (Å²) in [6.07, 6.45) is 0.921. The Labute approximate surface area is 214 Å². The summed E-state index contributed by atoms with van der Waals surface area (Å²) in [4.78, 5) is 28.0. The molecular formula is C26H36ClN3O4S. The minimum absolute atomic E-state index is 0.121. The van der Waals surface area contributed by atoms with Crippen molar-refractivity contribution in [3.63, 3.8) is 0 Å². The van der Waals surface area contributed by atoms with Crippen LogP contribution in [0.3, 0.4) is 0 Å². The normalized spacial score (nSPS) is 12.5. The molecule has 0 spiro atoms. The van der Waals surface area contributed by atoms with Crippen molar-refractivity contribution in [3.8, 4) is 0 Å². The van der Waals surface area contributed by atoms with E-state index in [0.29, 0.717) is 30.3 Å². The number of hydrogen-bond donors (Lipinski definition) is 1. The van der Waals surface area contributed by atoms with Gasteiger partial charge in [0.05, 0.1) is 4.90 Å². The molecule has 0 bridgehead atoms. The molecule has 2 aromatic rings. The van der Waals surface area contributed by atoms with Crippen LogP contribution in [0.1, 0.15) is 45.6 Å². The standard InChI is InChI=1S/C26H36ClN3O4S/c1-5-24(26(32)28-18-20(2)3)30(19-21-13-15-22(27)16-14-21)25(31)12-9-17-29(4)35(33,34)23-10-7-6-8-11-23/h6-8,10-11,13-16,20,24H,5,9,12,17-19H2,1-4H3,(H,28,32)/t24-/m1/s1. The molecule has 0 radical (unpaired) electrons. The van der Waals surface area contributed by atoms with Gasteiger partial charge in [0.25, 0.3) is 0 Å². The van der Waals surface area contributed by atoms with Crippen molar-refractivity contribution in [2.75, 3.05) is 20.1 Å².